The first kappa shape index (κ1) is 12.9. The zero-order chi connectivity index (χ0) is 13.1. The van der Waals surface area contributed by atoms with Crippen LogP contribution < -0.4 is 10.1 Å². The van der Waals surface area contributed by atoms with Crippen LogP contribution in [0, 0.1) is 5.82 Å². The van der Waals surface area contributed by atoms with Crippen molar-refractivity contribution in [3.63, 3.8) is 0 Å². The number of benzene rings is 1. The van der Waals surface area contributed by atoms with E-state index >= 15 is 0 Å². The van der Waals surface area contributed by atoms with E-state index in [0.29, 0.717) is 6.10 Å². The third-order valence-corrected chi connectivity index (χ3v) is 3.75. The Balaban J connectivity index is 1.62. The van der Waals surface area contributed by atoms with Crippen molar-refractivity contribution >= 4 is 0 Å². The second kappa shape index (κ2) is 5.88. The van der Waals surface area contributed by atoms with E-state index in [1.165, 1.54) is 6.07 Å². The van der Waals surface area contributed by atoms with E-state index < -0.39 is 0 Å². The summed E-state index contributed by atoms with van der Waals surface area (Å²) in [5.41, 5.74) is 1.01. The summed E-state index contributed by atoms with van der Waals surface area (Å²) >= 11 is 0. The summed E-state index contributed by atoms with van der Waals surface area (Å²) in [5.74, 6) is 0.706. The van der Waals surface area contributed by atoms with Crippen LogP contribution in [-0.4, -0.2) is 43.7 Å². The summed E-state index contributed by atoms with van der Waals surface area (Å²) in [6.45, 7) is 5.23. The molecule has 1 aliphatic heterocycles. The Hall–Kier alpha value is -1.13. The minimum atomic E-state index is -0.168. The monoisotopic (exact) mass is 264 g/mol. The lowest BCUT2D eigenvalue weighted by molar-refractivity contribution is 0.241. The highest BCUT2D eigenvalue weighted by Crippen LogP contribution is 2.29. The minimum absolute atomic E-state index is 0.168. The molecule has 1 saturated carbocycles. The van der Waals surface area contributed by atoms with Crippen LogP contribution in [-0.2, 0) is 6.42 Å². The van der Waals surface area contributed by atoms with Gasteiger partial charge in [-0.3, -0.25) is 0 Å². The number of piperazine rings is 1. The fourth-order valence-electron chi connectivity index (χ4n) is 2.44. The Morgan fingerprint density at radius 1 is 1.26 bits per heavy atom. The molecular weight excluding hydrogens is 243 g/mol. The van der Waals surface area contributed by atoms with Gasteiger partial charge in [0.25, 0.3) is 0 Å². The summed E-state index contributed by atoms with van der Waals surface area (Å²) in [4.78, 5) is 2.42. The minimum Gasteiger partial charge on any atom is -0.490 e. The van der Waals surface area contributed by atoms with Crippen LogP contribution in [0.25, 0.3) is 0 Å². The number of halogens is 1. The first-order valence-electron chi connectivity index (χ1n) is 7.19. The molecule has 2 aliphatic rings. The van der Waals surface area contributed by atoms with Gasteiger partial charge in [0.05, 0.1) is 6.10 Å². The van der Waals surface area contributed by atoms with E-state index in [1.807, 2.05) is 0 Å². The van der Waals surface area contributed by atoms with Gasteiger partial charge in [0.2, 0.25) is 0 Å². The van der Waals surface area contributed by atoms with E-state index in [0.717, 1.165) is 63.3 Å². The second-order valence-corrected chi connectivity index (χ2v) is 5.41. The van der Waals surface area contributed by atoms with Gasteiger partial charge in [0, 0.05) is 32.7 Å². The summed E-state index contributed by atoms with van der Waals surface area (Å²) in [7, 11) is 0. The van der Waals surface area contributed by atoms with Crippen LogP contribution in [0.4, 0.5) is 4.39 Å². The number of hydrogen-bond donors (Lipinski definition) is 1. The molecule has 0 unspecified atom stereocenters. The van der Waals surface area contributed by atoms with E-state index in [4.69, 9.17) is 4.74 Å². The normalized spacial score (nSPS) is 20.5. The molecule has 3 nitrogen and oxygen atoms in total. The number of hydrogen-bond acceptors (Lipinski definition) is 3. The third kappa shape index (κ3) is 3.67. The van der Waals surface area contributed by atoms with Gasteiger partial charge in [-0.2, -0.15) is 0 Å². The number of nitrogens with zero attached hydrogens (tertiary/aromatic N) is 1. The Labute approximate surface area is 113 Å². The smallest absolute Gasteiger partial charge is 0.123 e. The van der Waals surface area contributed by atoms with Crippen LogP contribution in [0.2, 0.25) is 0 Å². The third-order valence-electron chi connectivity index (χ3n) is 3.75. The number of rotatable bonds is 5. The van der Waals surface area contributed by atoms with Gasteiger partial charge in [0.1, 0.15) is 11.6 Å². The van der Waals surface area contributed by atoms with Crippen molar-refractivity contribution in [1.29, 1.82) is 0 Å². The molecular formula is C15H21FN2O. The summed E-state index contributed by atoms with van der Waals surface area (Å²) < 4.78 is 19.2. The fourth-order valence-corrected chi connectivity index (χ4v) is 2.44. The predicted molar refractivity (Wildman–Crippen MR) is 73.1 cm³/mol. The highest BCUT2D eigenvalue weighted by atomic mass is 19.1. The molecule has 0 bridgehead atoms. The zero-order valence-corrected chi connectivity index (χ0v) is 11.2. The number of nitrogens with one attached hydrogen (secondary N) is 1. The first-order chi connectivity index (χ1) is 9.31. The highest BCUT2D eigenvalue weighted by molar-refractivity contribution is 5.34. The molecule has 104 valence electrons. The molecule has 1 aromatic rings. The van der Waals surface area contributed by atoms with Crippen LogP contribution in [0.3, 0.4) is 0 Å². The molecule has 3 rings (SSSR count). The molecule has 0 atom stereocenters. The average molecular weight is 264 g/mol. The van der Waals surface area contributed by atoms with Crippen LogP contribution in [0.15, 0.2) is 18.2 Å². The van der Waals surface area contributed by atoms with Crippen molar-refractivity contribution in [1.82, 2.24) is 10.2 Å². The van der Waals surface area contributed by atoms with Gasteiger partial charge in [-0.25, -0.2) is 4.39 Å². The molecule has 0 spiro atoms. The van der Waals surface area contributed by atoms with E-state index in [9.17, 15) is 4.39 Å². The Kier molecular flexibility index (Phi) is 3.99. The maximum Gasteiger partial charge on any atom is 0.123 e. The van der Waals surface area contributed by atoms with Gasteiger partial charge >= 0.3 is 0 Å². The maximum atomic E-state index is 13.4. The van der Waals surface area contributed by atoms with Crippen molar-refractivity contribution in [2.75, 3.05) is 32.7 Å². The van der Waals surface area contributed by atoms with Crippen molar-refractivity contribution < 1.29 is 9.13 Å². The number of ether oxygens (including phenoxy) is 1. The van der Waals surface area contributed by atoms with Crippen molar-refractivity contribution in [3.05, 3.63) is 29.6 Å². The van der Waals surface area contributed by atoms with Crippen molar-refractivity contribution in [2.45, 2.75) is 25.4 Å². The highest BCUT2D eigenvalue weighted by Gasteiger charge is 2.24. The van der Waals surface area contributed by atoms with Gasteiger partial charge in [0.15, 0.2) is 0 Å². The summed E-state index contributed by atoms with van der Waals surface area (Å²) in [6, 6.07) is 4.90. The Bertz CT molecular complexity index is 428. The molecule has 1 heterocycles. The van der Waals surface area contributed by atoms with Gasteiger partial charge in [-0.15, -0.1) is 0 Å². The summed E-state index contributed by atoms with van der Waals surface area (Å²) in [6.07, 6.45) is 3.49. The quantitative estimate of drug-likeness (QED) is 0.878. The lowest BCUT2D eigenvalue weighted by atomic mass is 10.1. The molecule has 1 aliphatic carbocycles. The first-order valence-corrected chi connectivity index (χ1v) is 7.19. The molecule has 19 heavy (non-hydrogen) atoms. The van der Waals surface area contributed by atoms with Crippen LogP contribution in [0.1, 0.15) is 18.4 Å². The molecule has 1 N–H and O–H groups in total. The van der Waals surface area contributed by atoms with Gasteiger partial charge < -0.3 is 15.0 Å². The molecule has 2 fully saturated rings. The van der Waals surface area contributed by atoms with E-state index in [2.05, 4.69) is 10.2 Å². The topological polar surface area (TPSA) is 24.5 Å². The Morgan fingerprint density at radius 3 is 2.79 bits per heavy atom. The van der Waals surface area contributed by atoms with Crippen molar-refractivity contribution in [2.24, 2.45) is 0 Å². The average Bonchev–Trinajstić information content (AvgIpc) is 3.24. The standard InChI is InChI=1S/C15H21FN2O/c16-13-1-4-15(19-14-2-3-14)12(11-13)5-8-18-9-6-17-7-10-18/h1,4,11,14,17H,2-3,5-10H2. The Morgan fingerprint density at radius 2 is 2.05 bits per heavy atom. The second-order valence-electron chi connectivity index (χ2n) is 5.41. The molecule has 1 saturated heterocycles. The molecule has 4 heteroatoms. The van der Waals surface area contributed by atoms with Crippen LogP contribution in [0.5, 0.6) is 5.75 Å². The lowest BCUT2D eigenvalue weighted by Crippen LogP contribution is -2.44. The molecule has 0 aromatic heterocycles. The van der Waals surface area contributed by atoms with Crippen LogP contribution >= 0.6 is 0 Å². The lowest BCUT2D eigenvalue weighted by Gasteiger charge is -2.27. The predicted octanol–water partition coefficient (Wildman–Crippen LogP) is 1.81. The molecule has 0 amide bonds. The van der Waals surface area contributed by atoms with Gasteiger partial charge in [-0.05, 0) is 43.0 Å². The largest absolute Gasteiger partial charge is 0.490 e. The maximum absolute atomic E-state index is 13.4. The van der Waals surface area contributed by atoms with Crippen molar-refractivity contribution in [3.8, 4) is 5.75 Å². The van der Waals surface area contributed by atoms with Gasteiger partial charge in [-0.1, -0.05) is 0 Å². The zero-order valence-electron chi connectivity index (χ0n) is 11.2. The van der Waals surface area contributed by atoms with E-state index in [1.54, 1.807) is 12.1 Å². The van der Waals surface area contributed by atoms with E-state index in [-0.39, 0.29) is 5.82 Å². The molecule has 1 aromatic carbocycles. The molecule has 0 radical (unpaired) electrons. The SMILES string of the molecule is Fc1ccc(OC2CC2)c(CCN2CCNCC2)c1. The summed E-state index contributed by atoms with van der Waals surface area (Å²) in [5, 5.41) is 3.34. The fraction of sp³-hybridized carbons (Fsp3) is 0.600.